The maximum absolute atomic E-state index is 5.54. The van der Waals surface area contributed by atoms with Crippen molar-refractivity contribution in [2.24, 2.45) is 0 Å². The second-order valence-electron chi connectivity index (χ2n) is 6.78. The van der Waals surface area contributed by atoms with E-state index >= 15 is 0 Å². The highest BCUT2D eigenvalue weighted by molar-refractivity contribution is 5.81. The van der Waals surface area contributed by atoms with E-state index in [4.69, 9.17) is 23.9 Å². The molecular weight excluding hydrogens is 380 g/mol. The van der Waals surface area contributed by atoms with Gasteiger partial charge in [-0.15, -0.1) is 0 Å². The van der Waals surface area contributed by atoms with E-state index in [9.17, 15) is 0 Å². The molecule has 0 aliphatic carbocycles. The van der Waals surface area contributed by atoms with Gasteiger partial charge in [-0.25, -0.2) is 4.98 Å². The maximum Gasteiger partial charge on any atom is 0.203 e. The molecule has 4 aromatic rings. The molecular formula is C24H24N2O4. The van der Waals surface area contributed by atoms with Crippen molar-refractivity contribution >= 4 is 11.0 Å². The molecule has 0 fully saturated rings. The van der Waals surface area contributed by atoms with Crippen LogP contribution in [0.2, 0.25) is 0 Å². The van der Waals surface area contributed by atoms with Gasteiger partial charge in [0.05, 0.1) is 39.5 Å². The van der Waals surface area contributed by atoms with Crippen molar-refractivity contribution in [3.05, 3.63) is 66.2 Å². The SMILES string of the molecule is COc1cccc(Cn2c(-c3cc(OC)c(OC)c(OC)c3)nc3ccccc32)c1. The summed E-state index contributed by atoms with van der Waals surface area (Å²) in [6, 6.07) is 20.0. The van der Waals surface area contributed by atoms with E-state index in [0.717, 1.165) is 33.7 Å². The summed E-state index contributed by atoms with van der Waals surface area (Å²) >= 11 is 0. The summed E-state index contributed by atoms with van der Waals surface area (Å²) in [7, 11) is 6.49. The van der Waals surface area contributed by atoms with Crippen LogP contribution in [0.5, 0.6) is 23.0 Å². The van der Waals surface area contributed by atoms with Gasteiger partial charge in [0, 0.05) is 12.1 Å². The Morgan fingerprint density at radius 1 is 0.767 bits per heavy atom. The van der Waals surface area contributed by atoms with E-state index in [-0.39, 0.29) is 0 Å². The first-order valence-electron chi connectivity index (χ1n) is 9.57. The van der Waals surface area contributed by atoms with Crippen molar-refractivity contribution in [2.45, 2.75) is 6.54 Å². The molecule has 30 heavy (non-hydrogen) atoms. The van der Waals surface area contributed by atoms with E-state index in [2.05, 4.69) is 16.7 Å². The largest absolute Gasteiger partial charge is 0.497 e. The summed E-state index contributed by atoms with van der Waals surface area (Å²) in [5, 5.41) is 0. The molecule has 0 bridgehead atoms. The fraction of sp³-hybridized carbons (Fsp3) is 0.208. The quantitative estimate of drug-likeness (QED) is 0.443. The van der Waals surface area contributed by atoms with Gasteiger partial charge in [-0.3, -0.25) is 0 Å². The lowest BCUT2D eigenvalue weighted by molar-refractivity contribution is 0.324. The third kappa shape index (κ3) is 3.52. The molecule has 0 aliphatic heterocycles. The Labute approximate surface area is 175 Å². The normalized spacial score (nSPS) is 10.8. The molecule has 0 amide bonds. The van der Waals surface area contributed by atoms with E-state index in [1.54, 1.807) is 28.4 Å². The predicted octanol–water partition coefficient (Wildman–Crippen LogP) is 4.79. The van der Waals surface area contributed by atoms with Gasteiger partial charge in [0.15, 0.2) is 11.5 Å². The van der Waals surface area contributed by atoms with Gasteiger partial charge >= 0.3 is 0 Å². The molecule has 4 rings (SSSR count). The lowest BCUT2D eigenvalue weighted by Gasteiger charge is -2.15. The van der Waals surface area contributed by atoms with Gasteiger partial charge in [0.2, 0.25) is 5.75 Å². The fourth-order valence-corrected chi connectivity index (χ4v) is 3.62. The average Bonchev–Trinajstić information content (AvgIpc) is 3.16. The monoisotopic (exact) mass is 404 g/mol. The van der Waals surface area contributed by atoms with E-state index < -0.39 is 0 Å². The number of rotatable bonds is 7. The Hall–Kier alpha value is -3.67. The number of methoxy groups -OCH3 is 4. The number of para-hydroxylation sites is 2. The Balaban J connectivity index is 1.90. The van der Waals surface area contributed by atoms with Crippen molar-refractivity contribution in [3.8, 4) is 34.4 Å². The zero-order valence-corrected chi connectivity index (χ0v) is 17.5. The summed E-state index contributed by atoms with van der Waals surface area (Å²) in [6.45, 7) is 0.643. The molecule has 1 aromatic heterocycles. The zero-order valence-electron chi connectivity index (χ0n) is 17.5. The van der Waals surface area contributed by atoms with Crippen LogP contribution < -0.4 is 18.9 Å². The number of nitrogens with zero attached hydrogens (tertiary/aromatic N) is 2. The van der Waals surface area contributed by atoms with Crippen molar-refractivity contribution in [3.63, 3.8) is 0 Å². The Bertz CT molecular complexity index is 1160. The third-order valence-corrected chi connectivity index (χ3v) is 5.05. The van der Waals surface area contributed by atoms with E-state index in [1.165, 1.54) is 0 Å². The number of fused-ring (bicyclic) bond motifs is 1. The van der Waals surface area contributed by atoms with Crippen molar-refractivity contribution < 1.29 is 18.9 Å². The molecule has 6 nitrogen and oxygen atoms in total. The molecule has 154 valence electrons. The van der Waals surface area contributed by atoms with E-state index in [0.29, 0.717) is 23.8 Å². The van der Waals surface area contributed by atoms with Crippen LogP contribution in [0.4, 0.5) is 0 Å². The minimum atomic E-state index is 0.555. The van der Waals surface area contributed by atoms with E-state index in [1.807, 2.05) is 48.5 Å². The van der Waals surface area contributed by atoms with Crippen LogP contribution in [0.15, 0.2) is 60.7 Å². The molecule has 3 aromatic carbocycles. The molecule has 0 aliphatic rings. The number of hydrogen-bond acceptors (Lipinski definition) is 5. The Morgan fingerprint density at radius 2 is 1.50 bits per heavy atom. The third-order valence-electron chi connectivity index (χ3n) is 5.05. The molecule has 0 atom stereocenters. The van der Waals surface area contributed by atoms with Crippen LogP contribution in [0.1, 0.15) is 5.56 Å². The number of aromatic nitrogens is 2. The van der Waals surface area contributed by atoms with Gasteiger partial charge in [0.25, 0.3) is 0 Å². The first kappa shape index (κ1) is 19.6. The van der Waals surface area contributed by atoms with Crippen LogP contribution in [0.3, 0.4) is 0 Å². The second kappa shape index (κ2) is 8.37. The average molecular weight is 404 g/mol. The highest BCUT2D eigenvalue weighted by atomic mass is 16.5. The Morgan fingerprint density at radius 3 is 2.17 bits per heavy atom. The van der Waals surface area contributed by atoms with Gasteiger partial charge in [-0.1, -0.05) is 24.3 Å². The highest BCUT2D eigenvalue weighted by Gasteiger charge is 2.19. The van der Waals surface area contributed by atoms with Crippen LogP contribution in [0.25, 0.3) is 22.4 Å². The highest BCUT2D eigenvalue weighted by Crippen LogP contribution is 2.41. The topological polar surface area (TPSA) is 54.7 Å². The van der Waals surface area contributed by atoms with Gasteiger partial charge in [-0.2, -0.15) is 0 Å². The molecule has 6 heteroatoms. The van der Waals surface area contributed by atoms with Gasteiger partial charge in [-0.05, 0) is 42.0 Å². The first-order chi connectivity index (χ1) is 14.7. The van der Waals surface area contributed by atoms with Crippen molar-refractivity contribution in [1.82, 2.24) is 9.55 Å². The number of benzene rings is 3. The lowest BCUT2D eigenvalue weighted by atomic mass is 10.1. The number of imidazole rings is 1. The summed E-state index contributed by atoms with van der Waals surface area (Å²) in [5.74, 6) is 3.38. The minimum Gasteiger partial charge on any atom is -0.497 e. The second-order valence-corrected chi connectivity index (χ2v) is 6.78. The Kier molecular flexibility index (Phi) is 5.48. The van der Waals surface area contributed by atoms with Crippen molar-refractivity contribution in [1.29, 1.82) is 0 Å². The first-order valence-corrected chi connectivity index (χ1v) is 9.57. The smallest absolute Gasteiger partial charge is 0.203 e. The zero-order chi connectivity index (χ0) is 21.1. The molecule has 0 saturated heterocycles. The van der Waals surface area contributed by atoms with Crippen LogP contribution in [-0.4, -0.2) is 38.0 Å². The lowest BCUT2D eigenvalue weighted by Crippen LogP contribution is -2.03. The summed E-state index contributed by atoms with van der Waals surface area (Å²) < 4.78 is 24.1. The minimum absolute atomic E-state index is 0.555. The summed E-state index contributed by atoms with van der Waals surface area (Å²) in [6.07, 6.45) is 0. The predicted molar refractivity (Wildman–Crippen MR) is 117 cm³/mol. The number of ether oxygens (including phenoxy) is 4. The van der Waals surface area contributed by atoms with Gasteiger partial charge in [0.1, 0.15) is 11.6 Å². The van der Waals surface area contributed by atoms with Crippen LogP contribution in [-0.2, 0) is 6.54 Å². The molecule has 0 N–H and O–H groups in total. The van der Waals surface area contributed by atoms with Gasteiger partial charge < -0.3 is 23.5 Å². The molecule has 0 unspecified atom stereocenters. The summed E-state index contributed by atoms with van der Waals surface area (Å²) in [5.41, 5.74) is 3.96. The summed E-state index contributed by atoms with van der Waals surface area (Å²) in [4.78, 5) is 4.91. The fourth-order valence-electron chi connectivity index (χ4n) is 3.62. The molecule has 0 spiro atoms. The standard InChI is InChI=1S/C24H24N2O4/c1-27-18-9-7-8-16(12-18)15-26-20-11-6-5-10-19(20)25-24(26)17-13-21(28-2)23(30-4)22(14-17)29-3/h5-14H,15H2,1-4H3. The molecule has 0 saturated carbocycles. The molecule has 0 radical (unpaired) electrons. The maximum atomic E-state index is 5.54. The number of hydrogen-bond donors (Lipinski definition) is 0. The molecule has 1 heterocycles. The van der Waals surface area contributed by atoms with Crippen LogP contribution >= 0.6 is 0 Å². The van der Waals surface area contributed by atoms with Crippen LogP contribution in [0, 0.1) is 0 Å². The van der Waals surface area contributed by atoms with Crippen molar-refractivity contribution in [2.75, 3.05) is 28.4 Å².